The molecule has 1 aromatic heterocycles. The van der Waals surface area contributed by atoms with E-state index in [4.69, 9.17) is 16.6 Å². The molecule has 0 saturated carbocycles. The number of hydrogen-bond donors (Lipinski definition) is 2. The largest absolute Gasteiger partial charge is 0.468 e. The molecule has 24 heavy (non-hydrogen) atoms. The van der Waals surface area contributed by atoms with Crippen molar-refractivity contribution in [2.75, 3.05) is 5.32 Å². The molecule has 2 N–H and O–H groups in total. The summed E-state index contributed by atoms with van der Waals surface area (Å²) in [5.41, 5.74) is 1.04. The molecule has 5 heteroatoms. The number of benzene rings is 1. The molecule has 3 heterocycles. The van der Waals surface area contributed by atoms with Crippen molar-refractivity contribution in [1.82, 2.24) is 10.2 Å². The van der Waals surface area contributed by atoms with E-state index in [0.717, 1.165) is 35.9 Å². The fourth-order valence-corrected chi connectivity index (χ4v) is 4.39. The van der Waals surface area contributed by atoms with E-state index in [9.17, 15) is 0 Å². The lowest BCUT2D eigenvalue weighted by Crippen LogP contribution is -2.50. The van der Waals surface area contributed by atoms with Crippen molar-refractivity contribution in [3.8, 4) is 0 Å². The van der Waals surface area contributed by atoms with E-state index in [1.54, 1.807) is 6.26 Å². The summed E-state index contributed by atoms with van der Waals surface area (Å²) in [5, 5.41) is 7.52. The molecule has 2 aliphatic rings. The van der Waals surface area contributed by atoms with Crippen LogP contribution in [0.2, 0.25) is 0 Å². The summed E-state index contributed by atoms with van der Waals surface area (Å²) in [5.74, 6) is 1.07. The average molecular weight is 341 g/mol. The van der Waals surface area contributed by atoms with Crippen LogP contribution in [-0.2, 0) is 6.54 Å². The summed E-state index contributed by atoms with van der Waals surface area (Å²) < 4.78 is 5.53. The Kier molecular flexibility index (Phi) is 4.54. The SMILES string of the molecule is S=C(Nc1ccccc1)NC1CC2CCC(C1)N2Cc1ccco1. The summed E-state index contributed by atoms with van der Waals surface area (Å²) in [6.45, 7) is 0.932. The maximum absolute atomic E-state index is 5.53. The van der Waals surface area contributed by atoms with Crippen LogP contribution in [0, 0.1) is 0 Å². The summed E-state index contributed by atoms with van der Waals surface area (Å²) in [6.07, 6.45) is 6.62. The lowest BCUT2D eigenvalue weighted by Gasteiger charge is -2.39. The molecule has 4 rings (SSSR count). The standard InChI is InChI=1S/C19H23N3OS/c24-19(20-14-5-2-1-3-6-14)21-15-11-16-8-9-17(12-15)22(16)13-18-7-4-10-23-18/h1-7,10,15-17H,8-9,11-13H2,(H2,20,21,24). The Balaban J connectivity index is 1.32. The summed E-state index contributed by atoms with van der Waals surface area (Å²) in [7, 11) is 0. The fraction of sp³-hybridized carbons (Fsp3) is 0.421. The number of furan rings is 1. The van der Waals surface area contributed by atoms with Crippen LogP contribution in [0.3, 0.4) is 0 Å². The van der Waals surface area contributed by atoms with Crippen molar-refractivity contribution in [3.05, 3.63) is 54.5 Å². The van der Waals surface area contributed by atoms with E-state index in [0.29, 0.717) is 18.1 Å². The van der Waals surface area contributed by atoms with Crippen molar-refractivity contribution in [1.29, 1.82) is 0 Å². The van der Waals surface area contributed by atoms with Crippen LogP contribution in [0.25, 0.3) is 0 Å². The number of fused-ring (bicyclic) bond motifs is 2. The normalized spacial score (nSPS) is 26.2. The van der Waals surface area contributed by atoms with Crippen LogP contribution in [-0.4, -0.2) is 28.1 Å². The molecule has 2 atom stereocenters. The zero-order valence-electron chi connectivity index (χ0n) is 13.7. The molecule has 2 unspecified atom stereocenters. The Hall–Kier alpha value is -1.85. The highest BCUT2D eigenvalue weighted by Crippen LogP contribution is 2.36. The van der Waals surface area contributed by atoms with Gasteiger partial charge < -0.3 is 15.1 Å². The number of thiocarbonyl (C=S) groups is 1. The zero-order valence-corrected chi connectivity index (χ0v) is 14.5. The van der Waals surface area contributed by atoms with Crippen LogP contribution >= 0.6 is 12.2 Å². The second kappa shape index (κ2) is 6.95. The molecule has 2 aliphatic heterocycles. The number of anilines is 1. The first-order valence-electron chi connectivity index (χ1n) is 8.68. The molecular formula is C19H23N3OS. The molecule has 2 fully saturated rings. The van der Waals surface area contributed by atoms with Crippen LogP contribution < -0.4 is 10.6 Å². The summed E-state index contributed by atoms with van der Waals surface area (Å²) >= 11 is 5.49. The Morgan fingerprint density at radius 1 is 1.08 bits per heavy atom. The van der Waals surface area contributed by atoms with Gasteiger partial charge in [0.05, 0.1) is 12.8 Å². The van der Waals surface area contributed by atoms with Gasteiger partial charge in [-0.05, 0) is 62.2 Å². The minimum absolute atomic E-state index is 0.457. The maximum atomic E-state index is 5.53. The summed E-state index contributed by atoms with van der Waals surface area (Å²) in [4.78, 5) is 2.62. The summed E-state index contributed by atoms with van der Waals surface area (Å²) in [6, 6.07) is 15.9. The Labute approximate surface area is 148 Å². The number of rotatable bonds is 4. The van der Waals surface area contributed by atoms with Gasteiger partial charge in [0.15, 0.2) is 5.11 Å². The molecule has 1 aromatic carbocycles. The Morgan fingerprint density at radius 2 is 1.83 bits per heavy atom. The van der Waals surface area contributed by atoms with E-state index >= 15 is 0 Å². The molecule has 2 bridgehead atoms. The smallest absolute Gasteiger partial charge is 0.170 e. The Morgan fingerprint density at radius 3 is 2.50 bits per heavy atom. The average Bonchev–Trinajstić information content (AvgIpc) is 3.16. The highest BCUT2D eigenvalue weighted by Gasteiger charge is 2.41. The molecule has 2 saturated heterocycles. The lowest BCUT2D eigenvalue weighted by molar-refractivity contribution is 0.106. The van der Waals surface area contributed by atoms with E-state index in [-0.39, 0.29) is 0 Å². The van der Waals surface area contributed by atoms with Gasteiger partial charge >= 0.3 is 0 Å². The third-order valence-electron chi connectivity index (χ3n) is 5.17. The molecule has 4 nitrogen and oxygen atoms in total. The first kappa shape index (κ1) is 15.7. The Bertz CT molecular complexity index is 659. The van der Waals surface area contributed by atoms with Gasteiger partial charge in [-0.15, -0.1) is 0 Å². The van der Waals surface area contributed by atoms with Crippen LogP contribution in [0.4, 0.5) is 5.69 Å². The van der Waals surface area contributed by atoms with Gasteiger partial charge in [-0.1, -0.05) is 18.2 Å². The lowest BCUT2D eigenvalue weighted by atomic mass is 9.97. The molecule has 0 spiro atoms. The van der Waals surface area contributed by atoms with Gasteiger partial charge in [0, 0.05) is 23.8 Å². The molecular weight excluding hydrogens is 318 g/mol. The molecule has 126 valence electrons. The van der Waals surface area contributed by atoms with Crippen molar-refractivity contribution < 1.29 is 4.42 Å². The minimum atomic E-state index is 0.457. The number of para-hydroxylation sites is 1. The van der Waals surface area contributed by atoms with E-state index in [2.05, 4.69) is 21.6 Å². The van der Waals surface area contributed by atoms with E-state index in [1.807, 2.05) is 36.4 Å². The van der Waals surface area contributed by atoms with Gasteiger partial charge in [-0.25, -0.2) is 0 Å². The number of nitrogens with one attached hydrogen (secondary N) is 2. The van der Waals surface area contributed by atoms with Crippen LogP contribution in [0.1, 0.15) is 31.4 Å². The van der Waals surface area contributed by atoms with Crippen molar-refractivity contribution >= 4 is 23.0 Å². The predicted octanol–water partition coefficient (Wildman–Crippen LogP) is 3.76. The van der Waals surface area contributed by atoms with Gasteiger partial charge in [-0.3, -0.25) is 4.90 Å². The predicted molar refractivity (Wildman–Crippen MR) is 99.9 cm³/mol. The first-order valence-corrected chi connectivity index (χ1v) is 9.09. The number of hydrogen-bond acceptors (Lipinski definition) is 3. The van der Waals surface area contributed by atoms with Gasteiger partial charge in [0.25, 0.3) is 0 Å². The van der Waals surface area contributed by atoms with Crippen molar-refractivity contribution in [3.63, 3.8) is 0 Å². The first-order chi connectivity index (χ1) is 11.8. The third kappa shape index (κ3) is 3.47. The van der Waals surface area contributed by atoms with E-state index in [1.165, 1.54) is 12.8 Å². The highest BCUT2D eigenvalue weighted by atomic mass is 32.1. The molecule has 0 aliphatic carbocycles. The van der Waals surface area contributed by atoms with Crippen molar-refractivity contribution in [2.45, 2.75) is 50.4 Å². The quantitative estimate of drug-likeness (QED) is 0.829. The molecule has 2 aromatic rings. The second-order valence-corrected chi connectivity index (χ2v) is 7.18. The molecule has 0 radical (unpaired) electrons. The highest BCUT2D eigenvalue weighted by molar-refractivity contribution is 7.80. The minimum Gasteiger partial charge on any atom is -0.468 e. The third-order valence-corrected chi connectivity index (χ3v) is 5.39. The van der Waals surface area contributed by atoms with Crippen LogP contribution in [0.5, 0.6) is 0 Å². The second-order valence-electron chi connectivity index (χ2n) is 6.77. The fourth-order valence-electron chi connectivity index (χ4n) is 4.11. The van der Waals surface area contributed by atoms with Gasteiger partial charge in [-0.2, -0.15) is 0 Å². The van der Waals surface area contributed by atoms with E-state index < -0.39 is 0 Å². The van der Waals surface area contributed by atoms with Crippen LogP contribution in [0.15, 0.2) is 53.1 Å². The monoisotopic (exact) mass is 341 g/mol. The van der Waals surface area contributed by atoms with Crippen molar-refractivity contribution in [2.24, 2.45) is 0 Å². The zero-order chi connectivity index (χ0) is 16.4. The van der Waals surface area contributed by atoms with Gasteiger partial charge in [0.1, 0.15) is 5.76 Å². The van der Waals surface area contributed by atoms with Gasteiger partial charge in [0.2, 0.25) is 0 Å². The molecule has 0 amide bonds. The number of nitrogens with zero attached hydrogens (tertiary/aromatic N) is 1. The maximum Gasteiger partial charge on any atom is 0.170 e. The topological polar surface area (TPSA) is 40.4 Å². The number of piperidine rings is 1.